The largest absolute Gasteiger partial charge is 0.396 e. The van der Waals surface area contributed by atoms with Crippen LogP contribution in [0.4, 0.5) is 0 Å². The quantitative estimate of drug-likeness (QED) is 0.730. The summed E-state index contributed by atoms with van der Waals surface area (Å²) in [5.74, 6) is 0. The molecule has 1 aromatic carbocycles. The van der Waals surface area contributed by atoms with Crippen molar-refractivity contribution in [2.45, 2.75) is 19.4 Å². The van der Waals surface area contributed by atoms with Crippen LogP contribution in [0.1, 0.15) is 18.4 Å². The number of aliphatic hydroxyl groups is 1. The van der Waals surface area contributed by atoms with Crippen LogP contribution in [0.15, 0.2) is 42.7 Å². The number of nitrogens with zero attached hydrogens (tertiary/aromatic N) is 2. The molecule has 0 fully saturated rings. The molecule has 4 heteroatoms. The number of benzene rings is 1. The van der Waals surface area contributed by atoms with Crippen molar-refractivity contribution >= 4 is 0 Å². The van der Waals surface area contributed by atoms with E-state index in [1.807, 2.05) is 16.9 Å². The lowest BCUT2D eigenvalue weighted by molar-refractivity contribution is 0.283. The van der Waals surface area contributed by atoms with Gasteiger partial charge >= 0.3 is 0 Å². The molecule has 0 atom stereocenters. The van der Waals surface area contributed by atoms with Gasteiger partial charge < -0.3 is 10.4 Å². The van der Waals surface area contributed by atoms with E-state index in [1.54, 1.807) is 6.20 Å². The van der Waals surface area contributed by atoms with Gasteiger partial charge in [-0.1, -0.05) is 12.1 Å². The molecule has 0 saturated carbocycles. The Kier molecular flexibility index (Phi) is 4.93. The van der Waals surface area contributed by atoms with Gasteiger partial charge in [-0.25, -0.2) is 4.68 Å². The lowest BCUT2D eigenvalue weighted by atomic mass is 10.2. The van der Waals surface area contributed by atoms with Crippen molar-refractivity contribution < 1.29 is 5.11 Å². The van der Waals surface area contributed by atoms with Crippen LogP contribution in [0.2, 0.25) is 0 Å². The molecule has 1 heterocycles. The standard InChI is InChI=1S/C14H19N3O/c18-11-2-1-8-15-12-13-4-6-14(7-5-13)17-10-3-9-16-17/h3-7,9-10,15,18H,1-2,8,11-12H2. The maximum atomic E-state index is 8.67. The van der Waals surface area contributed by atoms with E-state index in [-0.39, 0.29) is 6.61 Å². The Bertz CT molecular complexity index is 437. The van der Waals surface area contributed by atoms with Crippen LogP contribution < -0.4 is 5.32 Å². The van der Waals surface area contributed by atoms with Gasteiger partial charge in [0.25, 0.3) is 0 Å². The molecular weight excluding hydrogens is 226 g/mol. The van der Waals surface area contributed by atoms with Crippen molar-refractivity contribution in [1.82, 2.24) is 15.1 Å². The number of aromatic nitrogens is 2. The van der Waals surface area contributed by atoms with Crippen LogP contribution in [0.3, 0.4) is 0 Å². The molecule has 0 aliphatic rings. The van der Waals surface area contributed by atoms with Gasteiger partial charge in [0, 0.05) is 25.5 Å². The van der Waals surface area contributed by atoms with Crippen LogP contribution in [-0.2, 0) is 6.54 Å². The molecule has 0 unspecified atom stereocenters. The molecule has 1 aromatic heterocycles. The Balaban J connectivity index is 1.81. The number of unbranched alkanes of at least 4 members (excludes halogenated alkanes) is 1. The summed E-state index contributed by atoms with van der Waals surface area (Å²) in [7, 11) is 0. The molecule has 0 bridgehead atoms. The second kappa shape index (κ2) is 6.93. The number of hydrogen-bond donors (Lipinski definition) is 2. The molecule has 0 aliphatic heterocycles. The van der Waals surface area contributed by atoms with Crippen LogP contribution >= 0.6 is 0 Å². The molecule has 4 nitrogen and oxygen atoms in total. The van der Waals surface area contributed by atoms with E-state index in [2.05, 4.69) is 34.7 Å². The number of nitrogens with one attached hydrogen (secondary N) is 1. The first-order valence-electron chi connectivity index (χ1n) is 6.30. The second-order valence-electron chi connectivity index (χ2n) is 4.22. The summed E-state index contributed by atoms with van der Waals surface area (Å²) in [6.07, 6.45) is 5.59. The molecular formula is C14H19N3O. The fourth-order valence-corrected chi connectivity index (χ4v) is 1.78. The second-order valence-corrected chi connectivity index (χ2v) is 4.22. The molecule has 0 amide bonds. The summed E-state index contributed by atoms with van der Waals surface area (Å²) >= 11 is 0. The molecule has 2 N–H and O–H groups in total. The minimum atomic E-state index is 0.278. The highest BCUT2D eigenvalue weighted by Gasteiger charge is 1.97. The van der Waals surface area contributed by atoms with Crippen molar-refractivity contribution in [1.29, 1.82) is 0 Å². The maximum Gasteiger partial charge on any atom is 0.0645 e. The van der Waals surface area contributed by atoms with Gasteiger partial charge in [-0.3, -0.25) is 0 Å². The van der Waals surface area contributed by atoms with E-state index < -0.39 is 0 Å². The summed E-state index contributed by atoms with van der Waals surface area (Å²) in [6, 6.07) is 10.3. The van der Waals surface area contributed by atoms with Gasteiger partial charge in [-0.15, -0.1) is 0 Å². The average molecular weight is 245 g/mol. The molecule has 0 saturated heterocycles. The molecule has 0 aliphatic carbocycles. The Morgan fingerprint density at radius 1 is 1.17 bits per heavy atom. The summed E-state index contributed by atoms with van der Waals surface area (Å²) in [6.45, 7) is 2.09. The van der Waals surface area contributed by atoms with Crippen molar-refractivity contribution in [2.75, 3.05) is 13.2 Å². The van der Waals surface area contributed by atoms with Gasteiger partial charge in [0.1, 0.15) is 0 Å². The van der Waals surface area contributed by atoms with Crippen molar-refractivity contribution in [2.24, 2.45) is 0 Å². The highest BCUT2D eigenvalue weighted by Crippen LogP contribution is 2.08. The summed E-state index contributed by atoms with van der Waals surface area (Å²) in [4.78, 5) is 0. The van der Waals surface area contributed by atoms with E-state index in [0.29, 0.717) is 0 Å². The van der Waals surface area contributed by atoms with Crippen molar-refractivity contribution in [3.05, 3.63) is 48.3 Å². The Labute approximate surface area is 107 Å². The van der Waals surface area contributed by atoms with Crippen molar-refractivity contribution in [3.8, 4) is 5.69 Å². The zero-order valence-electron chi connectivity index (χ0n) is 10.4. The predicted octanol–water partition coefficient (Wildman–Crippen LogP) is 1.73. The van der Waals surface area contributed by atoms with Crippen molar-refractivity contribution in [3.63, 3.8) is 0 Å². The third-order valence-corrected chi connectivity index (χ3v) is 2.80. The average Bonchev–Trinajstić information content (AvgIpc) is 2.93. The first-order valence-corrected chi connectivity index (χ1v) is 6.30. The lowest BCUT2D eigenvalue weighted by Crippen LogP contribution is -2.15. The fourth-order valence-electron chi connectivity index (χ4n) is 1.78. The highest BCUT2D eigenvalue weighted by molar-refractivity contribution is 5.33. The normalized spacial score (nSPS) is 10.7. The zero-order valence-corrected chi connectivity index (χ0v) is 10.4. The summed E-state index contributed by atoms with van der Waals surface area (Å²) in [5.41, 5.74) is 2.33. The third kappa shape index (κ3) is 3.68. The number of aliphatic hydroxyl groups excluding tert-OH is 1. The Morgan fingerprint density at radius 3 is 2.67 bits per heavy atom. The molecule has 2 rings (SSSR count). The van der Waals surface area contributed by atoms with Gasteiger partial charge in [-0.2, -0.15) is 5.10 Å². The first kappa shape index (κ1) is 12.8. The summed E-state index contributed by atoms with van der Waals surface area (Å²) in [5, 5.41) is 16.2. The molecule has 0 radical (unpaired) electrons. The van der Waals surface area contributed by atoms with E-state index in [4.69, 9.17) is 5.11 Å². The molecule has 2 aromatic rings. The van der Waals surface area contributed by atoms with Gasteiger partial charge in [0.05, 0.1) is 5.69 Å². The summed E-state index contributed by atoms with van der Waals surface area (Å²) < 4.78 is 1.85. The molecule has 0 spiro atoms. The SMILES string of the molecule is OCCCCNCc1ccc(-n2cccn2)cc1. The van der Waals surface area contributed by atoms with E-state index in [0.717, 1.165) is 31.6 Å². The monoisotopic (exact) mass is 245 g/mol. The van der Waals surface area contributed by atoms with E-state index in [9.17, 15) is 0 Å². The van der Waals surface area contributed by atoms with Gasteiger partial charge in [0.15, 0.2) is 0 Å². The third-order valence-electron chi connectivity index (χ3n) is 2.80. The van der Waals surface area contributed by atoms with Crippen LogP contribution in [-0.4, -0.2) is 28.0 Å². The Hall–Kier alpha value is -1.65. The van der Waals surface area contributed by atoms with Gasteiger partial charge in [0.2, 0.25) is 0 Å². The number of rotatable bonds is 7. The number of hydrogen-bond acceptors (Lipinski definition) is 3. The lowest BCUT2D eigenvalue weighted by Gasteiger charge is -2.06. The smallest absolute Gasteiger partial charge is 0.0645 e. The predicted molar refractivity (Wildman–Crippen MR) is 71.6 cm³/mol. The van der Waals surface area contributed by atoms with Gasteiger partial charge in [-0.05, 0) is 43.1 Å². The molecule has 18 heavy (non-hydrogen) atoms. The van der Waals surface area contributed by atoms with Crippen LogP contribution in [0, 0.1) is 0 Å². The fraction of sp³-hybridized carbons (Fsp3) is 0.357. The highest BCUT2D eigenvalue weighted by atomic mass is 16.2. The molecule has 96 valence electrons. The maximum absolute atomic E-state index is 8.67. The van der Waals surface area contributed by atoms with Crippen LogP contribution in [0.25, 0.3) is 5.69 Å². The topological polar surface area (TPSA) is 50.1 Å². The van der Waals surface area contributed by atoms with E-state index >= 15 is 0 Å². The first-order chi connectivity index (χ1) is 8.90. The van der Waals surface area contributed by atoms with E-state index in [1.165, 1.54) is 5.56 Å². The minimum absolute atomic E-state index is 0.278. The Morgan fingerprint density at radius 2 is 2.00 bits per heavy atom. The zero-order chi connectivity index (χ0) is 12.6. The van der Waals surface area contributed by atoms with Crippen LogP contribution in [0.5, 0.6) is 0 Å². The minimum Gasteiger partial charge on any atom is -0.396 e.